The van der Waals surface area contributed by atoms with E-state index in [2.05, 4.69) is 33.0 Å². The number of nitrogens with zero attached hydrogens (tertiary/aromatic N) is 4. The Morgan fingerprint density at radius 1 is 0.939 bits per heavy atom. The van der Waals surface area contributed by atoms with Crippen LogP contribution in [0.25, 0.3) is 27.2 Å². The van der Waals surface area contributed by atoms with Gasteiger partial charge in [0.1, 0.15) is 0 Å². The highest BCUT2D eigenvalue weighted by atomic mass is 35.5. The van der Waals surface area contributed by atoms with Crippen LogP contribution in [0.2, 0.25) is 0 Å². The van der Waals surface area contributed by atoms with Gasteiger partial charge in [-0.05, 0) is 50.9 Å². The molecule has 2 aromatic carbocycles. The second-order valence-corrected chi connectivity index (χ2v) is 8.76. The highest BCUT2D eigenvalue weighted by Gasteiger charge is 2.38. The first-order valence-corrected chi connectivity index (χ1v) is 10.7. The van der Waals surface area contributed by atoms with E-state index in [0.29, 0.717) is 29.6 Å². The molecule has 1 aliphatic rings. The van der Waals surface area contributed by atoms with Crippen LogP contribution in [-0.2, 0) is 0 Å². The molecule has 174 valence electrons. The Hall–Kier alpha value is -2.51. The number of carbonyl (C=O) groups excluding carboxylic acids is 2. The molecule has 0 aliphatic heterocycles. The van der Waals surface area contributed by atoms with E-state index in [4.69, 9.17) is 0 Å². The van der Waals surface area contributed by atoms with Gasteiger partial charge in [0.25, 0.3) is 0 Å². The van der Waals surface area contributed by atoms with Crippen LogP contribution < -0.4 is 0 Å². The largest absolute Gasteiger partial charge is 0.308 e. The van der Waals surface area contributed by atoms with Crippen LogP contribution in [-0.4, -0.2) is 71.5 Å². The van der Waals surface area contributed by atoms with E-state index >= 15 is 0 Å². The van der Waals surface area contributed by atoms with Gasteiger partial charge in [0.05, 0.1) is 34.4 Å². The fraction of sp³-hybridized carbons (Fsp3) is 0.320. The molecule has 1 atom stereocenters. The van der Waals surface area contributed by atoms with E-state index < -0.39 is 5.92 Å². The quantitative estimate of drug-likeness (QED) is 0.379. The fourth-order valence-electron chi connectivity index (χ4n) is 4.70. The molecule has 0 spiro atoms. The van der Waals surface area contributed by atoms with E-state index in [0.717, 1.165) is 34.8 Å². The monoisotopic (exact) mass is 486 g/mol. The van der Waals surface area contributed by atoms with Crippen LogP contribution in [0, 0.1) is 5.92 Å². The summed E-state index contributed by atoms with van der Waals surface area (Å²) in [5.74, 6) is -0.829. The Balaban J connectivity index is 0.00000153. The predicted octanol–water partition coefficient (Wildman–Crippen LogP) is 4.36. The molecule has 1 aliphatic carbocycles. The maximum Gasteiger partial charge on any atom is 0.177 e. The molecular weight excluding hydrogens is 459 g/mol. The number of fused-ring (bicyclic) bond motifs is 5. The van der Waals surface area contributed by atoms with Gasteiger partial charge in [-0.3, -0.25) is 14.0 Å². The zero-order valence-electron chi connectivity index (χ0n) is 18.9. The Labute approximate surface area is 205 Å². The lowest BCUT2D eigenvalue weighted by molar-refractivity contribution is 0.0785. The lowest BCUT2D eigenvalue weighted by Gasteiger charge is -2.24. The zero-order chi connectivity index (χ0) is 21.7. The van der Waals surface area contributed by atoms with Crippen LogP contribution in [0.5, 0.6) is 0 Å². The van der Waals surface area contributed by atoms with E-state index in [-0.39, 0.29) is 36.4 Å². The lowest BCUT2D eigenvalue weighted by atomic mass is 9.81. The van der Waals surface area contributed by atoms with Crippen LogP contribution in [0.3, 0.4) is 0 Å². The summed E-state index contributed by atoms with van der Waals surface area (Å²) in [5, 5.41) is 3.05. The number of benzene rings is 2. The van der Waals surface area contributed by atoms with Crippen molar-refractivity contribution in [2.45, 2.75) is 6.42 Å². The molecule has 0 amide bonds. The number of hydrogen-bond donors (Lipinski definition) is 0. The zero-order valence-corrected chi connectivity index (χ0v) is 20.6. The van der Waals surface area contributed by atoms with Gasteiger partial charge in [-0.15, -0.1) is 24.8 Å². The minimum absolute atomic E-state index is 0. The van der Waals surface area contributed by atoms with E-state index in [1.54, 1.807) is 12.5 Å². The van der Waals surface area contributed by atoms with Crippen molar-refractivity contribution >= 4 is 63.6 Å². The molecule has 33 heavy (non-hydrogen) atoms. The molecule has 8 heteroatoms. The summed E-state index contributed by atoms with van der Waals surface area (Å²) in [6.07, 6.45) is 3.84. The third-order valence-corrected chi connectivity index (χ3v) is 6.41. The average molecular weight is 487 g/mol. The minimum atomic E-state index is -0.660. The minimum Gasteiger partial charge on any atom is -0.308 e. The number of rotatable bonds is 6. The summed E-state index contributed by atoms with van der Waals surface area (Å²) < 4.78 is 1.90. The molecule has 2 aromatic heterocycles. The first kappa shape index (κ1) is 25.1. The molecule has 0 N–H and O–H groups in total. The van der Waals surface area contributed by atoms with Crippen molar-refractivity contribution in [1.82, 2.24) is 19.2 Å². The second kappa shape index (κ2) is 9.77. The van der Waals surface area contributed by atoms with Gasteiger partial charge in [0, 0.05) is 24.7 Å². The second-order valence-electron chi connectivity index (χ2n) is 8.76. The summed E-state index contributed by atoms with van der Waals surface area (Å²) >= 11 is 0. The third-order valence-electron chi connectivity index (χ3n) is 6.41. The Kier molecular flexibility index (Phi) is 7.44. The number of Topliss-reactive ketones (excluding diaryl/α,β-unsaturated/α-hetero) is 2. The van der Waals surface area contributed by atoms with Crippen LogP contribution in [0.1, 0.15) is 27.1 Å². The van der Waals surface area contributed by atoms with E-state index in [1.807, 2.05) is 43.7 Å². The molecule has 4 aromatic rings. The van der Waals surface area contributed by atoms with E-state index in [9.17, 15) is 9.59 Å². The van der Waals surface area contributed by atoms with Crippen LogP contribution in [0.15, 0.2) is 48.9 Å². The molecule has 6 nitrogen and oxygen atoms in total. The molecular formula is C25H28Cl2N4O2. The summed E-state index contributed by atoms with van der Waals surface area (Å²) in [5.41, 5.74) is 2.85. The topological polar surface area (TPSA) is 57.9 Å². The lowest BCUT2D eigenvalue weighted by Crippen LogP contribution is -2.35. The van der Waals surface area contributed by atoms with Crippen molar-refractivity contribution < 1.29 is 9.59 Å². The number of halogens is 2. The molecule has 0 radical (unpaired) electrons. The van der Waals surface area contributed by atoms with Crippen LogP contribution in [0.4, 0.5) is 0 Å². The number of likely N-dealkylation sites (N-methyl/N-ethyl adjacent to an activating group) is 2. The molecule has 0 fully saturated rings. The molecule has 0 bridgehead atoms. The van der Waals surface area contributed by atoms with Gasteiger partial charge in [-0.2, -0.15) is 0 Å². The maximum atomic E-state index is 13.7. The maximum absolute atomic E-state index is 13.7. The number of hydrogen-bond acceptors (Lipinski definition) is 5. The van der Waals surface area contributed by atoms with Crippen molar-refractivity contribution in [2.24, 2.45) is 5.92 Å². The normalized spacial score (nSPS) is 15.5. The molecule has 5 rings (SSSR count). The van der Waals surface area contributed by atoms with Crippen molar-refractivity contribution in [2.75, 3.05) is 40.8 Å². The van der Waals surface area contributed by atoms with Gasteiger partial charge < -0.3 is 9.80 Å². The number of ketones is 2. The third kappa shape index (κ3) is 4.13. The first-order valence-electron chi connectivity index (χ1n) is 10.7. The summed E-state index contributed by atoms with van der Waals surface area (Å²) in [7, 11) is 6.12. The van der Waals surface area contributed by atoms with Gasteiger partial charge in [-0.25, -0.2) is 4.98 Å². The Morgan fingerprint density at radius 2 is 1.70 bits per heavy atom. The standard InChI is InChI=1S/C25H26N4O2.2ClH/c1-27(2)12-13-28(3)11-10-18-24(30)19-14-26-15-29-20-9-8-16-6-4-5-7-17(16)21(20)22(23(19)29)25(18)31;;/h4-9,14-15,18H,10-13H2,1-3H3;2*1H. The van der Waals surface area contributed by atoms with Crippen molar-refractivity contribution in [3.8, 4) is 0 Å². The predicted molar refractivity (Wildman–Crippen MR) is 138 cm³/mol. The molecule has 1 unspecified atom stereocenters. The van der Waals surface area contributed by atoms with Crippen LogP contribution >= 0.6 is 24.8 Å². The molecule has 0 saturated carbocycles. The van der Waals surface area contributed by atoms with Crippen molar-refractivity contribution in [1.29, 1.82) is 0 Å². The van der Waals surface area contributed by atoms with Crippen molar-refractivity contribution in [3.05, 3.63) is 60.0 Å². The fourth-order valence-corrected chi connectivity index (χ4v) is 4.70. The molecule has 0 saturated heterocycles. The van der Waals surface area contributed by atoms with Gasteiger partial charge >= 0.3 is 0 Å². The number of carbonyl (C=O) groups is 2. The average Bonchev–Trinajstić information content (AvgIpc) is 3.12. The van der Waals surface area contributed by atoms with Gasteiger partial charge in [0.2, 0.25) is 0 Å². The molecule has 2 heterocycles. The number of aromatic nitrogens is 2. The van der Waals surface area contributed by atoms with E-state index in [1.165, 1.54) is 0 Å². The van der Waals surface area contributed by atoms with Crippen molar-refractivity contribution in [3.63, 3.8) is 0 Å². The van der Waals surface area contributed by atoms with Gasteiger partial charge in [0.15, 0.2) is 11.6 Å². The highest BCUT2D eigenvalue weighted by molar-refractivity contribution is 6.33. The SMILES string of the molecule is CN(C)CCN(C)CCC1C(=O)c2cncn3c2c(c2c4ccccc4ccc23)C1=O.Cl.Cl. The summed E-state index contributed by atoms with van der Waals surface area (Å²) in [6, 6.07) is 12.2. The first-order chi connectivity index (χ1) is 15.0. The Bertz CT molecular complexity index is 1350. The summed E-state index contributed by atoms with van der Waals surface area (Å²) in [4.78, 5) is 35.7. The smallest absolute Gasteiger partial charge is 0.177 e. The van der Waals surface area contributed by atoms with Gasteiger partial charge in [-0.1, -0.05) is 30.3 Å². The highest BCUT2D eigenvalue weighted by Crippen LogP contribution is 2.39. The summed E-state index contributed by atoms with van der Waals surface area (Å²) in [6.45, 7) is 2.53. The Morgan fingerprint density at radius 3 is 2.45 bits per heavy atom.